The Balaban J connectivity index is 2.55. The monoisotopic (exact) mass is 250 g/mol. The van der Waals surface area contributed by atoms with Crippen LogP contribution in [0.5, 0.6) is 0 Å². The largest absolute Gasteiger partial charge is 0.481 e. The van der Waals surface area contributed by atoms with E-state index in [-0.39, 0.29) is 5.56 Å². The molecule has 1 aliphatic carbocycles. The molecular weight excluding hydrogens is 235 g/mol. The number of carbonyl (C=O) groups excluding carboxylic acids is 1. The maximum Gasteiger partial charge on any atom is 0.314 e. The second-order valence-electron chi connectivity index (χ2n) is 4.80. The van der Waals surface area contributed by atoms with Crippen LogP contribution in [-0.2, 0) is 10.2 Å². The number of aldehydes is 1. The Kier molecular flexibility index (Phi) is 3.45. The fourth-order valence-corrected chi connectivity index (χ4v) is 2.82. The van der Waals surface area contributed by atoms with E-state index >= 15 is 0 Å². The average Bonchev–Trinajstić information content (AvgIpc) is 2.39. The quantitative estimate of drug-likeness (QED) is 0.839. The molecule has 96 valence electrons. The van der Waals surface area contributed by atoms with E-state index in [1.54, 1.807) is 0 Å². The molecule has 3 nitrogen and oxygen atoms in total. The molecular formula is C14H15FO3. The maximum atomic E-state index is 13.1. The SMILES string of the molecule is O=Cc1cc(F)ccc1C1(C(=O)O)CCCCC1. The third kappa shape index (κ3) is 2.03. The van der Waals surface area contributed by atoms with Crippen LogP contribution in [0.2, 0.25) is 0 Å². The van der Waals surface area contributed by atoms with Crippen molar-refractivity contribution in [3.63, 3.8) is 0 Å². The van der Waals surface area contributed by atoms with Gasteiger partial charge in [0.1, 0.15) is 12.1 Å². The minimum atomic E-state index is -1.03. The molecule has 18 heavy (non-hydrogen) atoms. The van der Waals surface area contributed by atoms with Gasteiger partial charge < -0.3 is 5.11 Å². The van der Waals surface area contributed by atoms with Gasteiger partial charge in [0.2, 0.25) is 0 Å². The van der Waals surface area contributed by atoms with Gasteiger partial charge in [0, 0.05) is 5.56 Å². The van der Waals surface area contributed by atoms with Crippen molar-refractivity contribution in [3.05, 3.63) is 35.1 Å². The van der Waals surface area contributed by atoms with Crippen molar-refractivity contribution in [2.45, 2.75) is 37.5 Å². The van der Waals surface area contributed by atoms with Crippen LogP contribution in [0.4, 0.5) is 4.39 Å². The Bertz CT molecular complexity index is 476. The lowest BCUT2D eigenvalue weighted by Gasteiger charge is -2.34. The van der Waals surface area contributed by atoms with Gasteiger partial charge in [0.15, 0.2) is 0 Å². The van der Waals surface area contributed by atoms with Crippen molar-refractivity contribution in [3.8, 4) is 0 Å². The summed E-state index contributed by atoms with van der Waals surface area (Å²) >= 11 is 0. The minimum Gasteiger partial charge on any atom is -0.481 e. The Morgan fingerprint density at radius 2 is 1.94 bits per heavy atom. The van der Waals surface area contributed by atoms with E-state index in [9.17, 15) is 19.1 Å². The molecule has 0 heterocycles. The molecule has 0 amide bonds. The molecule has 0 spiro atoms. The fraction of sp³-hybridized carbons (Fsp3) is 0.429. The molecule has 4 heteroatoms. The molecule has 1 N–H and O–H groups in total. The van der Waals surface area contributed by atoms with Gasteiger partial charge in [-0.1, -0.05) is 25.3 Å². The summed E-state index contributed by atoms with van der Waals surface area (Å²) in [4.78, 5) is 22.6. The topological polar surface area (TPSA) is 54.4 Å². The summed E-state index contributed by atoms with van der Waals surface area (Å²) < 4.78 is 13.1. The van der Waals surface area contributed by atoms with Crippen molar-refractivity contribution in [2.75, 3.05) is 0 Å². The van der Waals surface area contributed by atoms with Gasteiger partial charge in [-0.3, -0.25) is 9.59 Å². The summed E-state index contributed by atoms with van der Waals surface area (Å²) in [5.41, 5.74) is -0.423. The number of carboxylic acid groups (broad SMARTS) is 1. The van der Waals surface area contributed by atoms with Crippen LogP contribution in [0.25, 0.3) is 0 Å². The van der Waals surface area contributed by atoms with Gasteiger partial charge >= 0.3 is 5.97 Å². The molecule has 1 fully saturated rings. The van der Waals surface area contributed by atoms with Crippen molar-refractivity contribution in [2.24, 2.45) is 0 Å². The molecule has 1 aromatic rings. The van der Waals surface area contributed by atoms with Crippen LogP contribution in [-0.4, -0.2) is 17.4 Å². The molecule has 0 atom stereocenters. The first kappa shape index (κ1) is 12.7. The molecule has 0 radical (unpaired) electrons. The lowest BCUT2D eigenvalue weighted by atomic mass is 9.68. The lowest BCUT2D eigenvalue weighted by Crippen LogP contribution is -2.38. The van der Waals surface area contributed by atoms with Crippen molar-refractivity contribution in [1.82, 2.24) is 0 Å². The van der Waals surface area contributed by atoms with E-state index in [0.717, 1.165) is 25.3 Å². The van der Waals surface area contributed by atoms with Gasteiger partial charge in [-0.2, -0.15) is 0 Å². The van der Waals surface area contributed by atoms with Gasteiger partial charge in [0.05, 0.1) is 5.41 Å². The van der Waals surface area contributed by atoms with Gasteiger partial charge in [-0.15, -0.1) is 0 Å². The maximum absolute atomic E-state index is 13.1. The number of halogens is 1. The van der Waals surface area contributed by atoms with E-state index in [2.05, 4.69) is 0 Å². The highest BCUT2D eigenvalue weighted by Crippen LogP contribution is 2.41. The number of carboxylic acids is 1. The molecule has 0 aromatic heterocycles. The second kappa shape index (κ2) is 4.88. The third-order valence-electron chi connectivity index (χ3n) is 3.77. The van der Waals surface area contributed by atoms with Crippen LogP contribution in [0.1, 0.15) is 48.0 Å². The summed E-state index contributed by atoms with van der Waals surface area (Å²) in [5.74, 6) is -1.44. The molecule has 0 saturated heterocycles. The molecule has 1 aromatic carbocycles. The smallest absolute Gasteiger partial charge is 0.314 e. The Morgan fingerprint density at radius 1 is 1.28 bits per heavy atom. The van der Waals surface area contributed by atoms with Crippen molar-refractivity contribution >= 4 is 12.3 Å². The first-order valence-corrected chi connectivity index (χ1v) is 6.09. The zero-order valence-corrected chi connectivity index (χ0v) is 9.99. The van der Waals surface area contributed by atoms with Crippen molar-refractivity contribution in [1.29, 1.82) is 0 Å². The highest BCUT2D eigenvalue weighted by atomic mass is 19.1. The number of hydrogen-bond acceptors (Lipinski definition) is 2. The summed E-state index contributed by atoms with van der Waals surface area (Å²) in [6, 6.07) is 3.78. The average molecular weight is 250 g/mol. The Labute approximate surface area is 105 Å². The van der Waals surface area contributed by atoms with E-state index in [1.807, 2.05) is 0 Å². The number of carbonyl (C=O) groups is 2. The first-order valence-electron chi connectivity index (χ1n) is 6.09. The standard InChI is InChI=1S/C14H15FO3/c15-11-4-5-12(10(8-11)9-16)14(13(17)18)6-2-1-3-7-14/h4-5,8-9H,1-3,6-7H2,(H,17,18). The molecule has 0 aliphatic heterocycles. The minimum absolute atomic E-state index is 0.152. The molecule has 0 bridgehead atoms. The number of aliphatic carboxylic acids is 1. The van der Waals surface area contributed by atoms with E-state index in [1.165, 1.54) is 12.1 Å². The summed E-state index contributed by atoms with van der Waals surface area (Å²) in [7, 11) is 0. The Hall–Kier alpha value is -1.71. The highest BCUT2D eigenvalue weighted by molar-refractivity contribution is 5.87. The zero-order valence-electron chi connectivity index (χ0n) is 9.99. The lowest BCUT2D eigenvalue weighted by molar-refractivity contribution is -0.145. The zero-order chi connectivity index (χ0) is 13.2. The molecule has 1 aliphatic rings. The van der Waals surface area contributed by atoms with Crippen molar-refractivity contribution < 1.29 is 19.1 Å². The summed E-state index contributed by atoms with van der Waals surface area (Å²) in [6.07, 6.45) is 4.21. The molecule has 1 saturated carbocycles. The van der Waals surface area contributed by atoms with Gasteiger partial charge in [-0.05, 0) is 30.5 Å². The van der Waals surface area contributed by atoms with E-state index < -0.39 is 17.2 Å². The normalized spacial score (nSPS) is 18.3. The number of rotatable bonds is 3. The fourth-order valence-electron chi connectivity index (χ4n) is 2.82. The molecule has 2 rings (SSSR count). The van der Waals surface area contributed by atoms with Crippen LogP contribution in [0, 0.1) is 5.82 Å². The third-order valence-corrected chi connectivity index (χ3v) is 3.77. The van der Waals surface area contributed by atoms with Crippen LogP contribution < -0.4 is 0 Å². The van der Waals surface area contributed by atoms with Crippen LogP contribution in [0.3, 0.4) is 0 Å². The van der Waals surface area contributed by atoms with E-state index in [4.69, 9.17) is 0 Å². The first-order chi connectivity index (χ1) is 8.60. The van der Waals surface area contributed by atoms with Crippen LogP contribution in [0.15, 0.2) is 18.2 Å². The predicted octanol–water partition coefficient (Wildman–Crippen LogP) is 2.92. The Morgan fingerprint density at radius 3 is 2.50 bits per heavy atom. The highest BCUT2D eigenvalue weighted by Gasteiger charge is 2.42. The number of benzene rings is 1. The van der Waals surface area contributed by atoms with Crippen LogP contribution >= 0.6 is 0 Å². The molecule has 0 unspecified atom stereocenters. The summed E-state index contributed by atoms with van der Waals surface area (Å²) in [5, 5.41) is 9.52. The second-order valence-corrected chi connectivity index (χ2v) is 4.80. The van der Waals surface area contributed by atoms with E-state index in [0.29, 0.717) is 24.7 Å². The number of hydrogen-bond donors (Lipinski definition) is 1. The van der Waals surface area contributed by atoms with Gasteiger partial charge in [0.25, 0.3) is 0 Å². The summed E-state index contributed by atoms with van der Waals surface area (Å²) in [6.45, 7) is 0. The predicted molar refractivity (Wildman–Crippen MR) is 64.2 cm³/mol. The van der Waals surface area contributed by atoms with Gasteiger partial charge in [-0.25, -0.2) is 4.39 Å².